The Morgan fingerprint density at radius 1 is 0.980 bits per heavy atom. The number of hydrogen-bond donors (Lipinski definition) is 5. The molecule has 6 amide bonds. The summed E-state index contributed by atoms with van der Waals surface area (Å²) in [5, 5.41) is 19.4. The number of nitrogens with two attached hydrogens (primary N) is 1. The number of anilines is 1. The van der Waals surface area contributed by atoms with Gasteiger partial charge in [-0.25, -0.2) is 0 Å². The molecular weight excluding hydrogens is 658 g/mol. The van der Waals surface area contributed by atoms with Gasteiger partial charge in [-0.15, -0.1) is 0 Å². The van der Waals surface area contributed by atoms with E-state index in [1.165, 1.54) is 9.80 Å². The summed E-state index contributed by atoms with van der Waals surface area (Å²) in [6.07, 6.45) is -1.32. The maximum atomic E-state index is 13.7. The zero-order chi connectivity index (χ0) is 37.9. The fourth-order valence-electron chi connectivity index (χ4n) is 5.57. The van der Waals surface area contributed by atoms with E-state index in [4.69, 9.17) is 10.5 Å². The minimum Gasteiger partial charge on any atom is -0.484 e. The van der Waals surface area contributed by atoms with Crippen molar-refractivity contribution in [3.05, 3.63) is 60.2 Å². The van der Waals surface area contributed by atoms with Crippen molar-refractivity contribution in [2.24, 2.45) is 5.73 Å². The minimum absolute atomic E-state index is 0.0262. The molecule has 1 saturated heterocycles. The summed E-state index contributed by atoms with van der Waals surface area (Å²) in [6.45, 7) is 5.45. The van der Waals surface area contributed by atoms with Crippen molar-refractivity contribution >= 4 is 41.1 Å². The standard InChI is InChI=1S/C36H51N7O8/c1-36(2,3)40-34(49)28-13-10-18-43(28)35(50)32(47)26(19-23-11-8-7-9-12-23)39-33(48)27(20-29(37)44)38-30(45)22-51-25-16-14-24(15-17-25)42(6)31(46)21-41(4)5/h7-9,11-12,14-17,26-28,32,47H,10,13,18-22H2,1-6H3,(H2,37,44)(H,38,45)(H,39,48)(H,40,49)/t26-,27-,28-,32-/m0/s1. The second-order valence-electron chi connectivity index (χ2n) is 13.9. The van der Waals surface area contributed by atoms with Gasteiger partial charge in [0.1, 0.15) is 17.8 Å². The highest BCUT2D eigenvalue weighted by atomic mass is 16.5. The van der Waals surface area contributed by atoms with Crippen LogP contribution in [0.2, 0.25) is 0 Å². The van der Waals surface area contributed by atoms with E-state index in [0.717, 1.165) is 0 Å². The van der Waals surface area contributed by atoms with Crippen LogP contribution >= 0.6 is 0 Å². The third-order valence-corrected chi connectivity index (χ3v) is 8.07. The van der Waals surface area contributed by atoms with Crippen LogP contribution in [0.15, 0.2) is 54.6 Å². The molecule has 0 saturated carbocycles. The highest BCUT2D eigenvalue weighted by Crippen LogP contribution is 2.22. The first-order valence-corrected chi connectivity index (χ1v) is 16.8. The Labute approximate surface area is 298 Å². The fourth-order valence-corrected chi connectivity index (χ4v) is 5.57. The first-order valence-electron chi connectivity index (χ1n) is 16.8. The number of ether oxygens (including phenoxy) is 1. The van der Waals surface area contributed by atoms with Crippen LogP contribution in [-0.2, 0) is 35.2 Å². The molecule has 3 rings (SSSR count). The van der Waals surface area contributed by atoms with Crippen molar-refractivity contribution in [2.75, 3.05) is 45.7 Å². The molecule has 6 N–H and O–H groups in total. The van der Waals surface area contributed by atoms with E-state index < -0.39 is 66.4 Å². The first kappa shape index (κ1) is 40.4. The lowest BCUT2D eigenvalue weighted by Gasteiger charge is -2.32. The van der Waals surface area contributed by atoms with Crippen LogP contribution in [0.4, 0.5) is 5.69 Å². The minimum atomic E-state index is -1.76. The summed E-state index contributed by atoms with van der Waals surface area (Å²) in [7, 11) is 5.23. The summed E-state index contributed by atoms with van der Waals surface area (Å²) in [4.78, 5) is 82.0. The van der Waals surface area contributed by atoms with Crippen molar-refractivity contribution in [1.29, 1.82) is 0 Å². The number of amides is 6. The van der Waals surface area contributed by atoms with E-state index in [-0.39, 0.29) is 31.3 Å². The average molecular weight is 710 g/mol. The monoisotopic (exact) mass is 709 g/mol. The summed E-state index contributed by atoms with van der Waals surface area (Å²) in [5.74, 6) is -3.33. The normalized spacial score (nSPS) is 16.1. The van der Waals surface area contributed by atoms with Gasteiger partial charge in [0.25, 0.3) is 11.8 Å². The molecule has 0 radical (unpaired) electrons. The van der Waals surface area contributed by atoms with E-state index in [9.17, 15) is 33.9 Å². The number of nitrogens with one attached hydrogen (secondary N) is 3. The maximum Gasteiger partial charge on any atom is 0.258 e. The van der Waals surface area contributed by atoms with Crippen LogP contribution in [0.5, 0.6) is 5.75 Å². The molecule has 0 unspecified atom stereocenters. The third-order valence-electron chi connectivity index (χ3n) is 8.07. The van der Waals surface area contributed by atoms with Gasteiger partial charge < -0.3 is 46.2 Å². The lowest BCUT2D eigenvalue weighted by atomic mass is 9.99. The van der Waals surface area contributed by atoms with Crippen LogP contribution < -0.4 is 31.3 Å². The van der Waals surface area contributed by atoms with E-state index in [1.54, 1.807) is 80.6 Å². The van der Waals surface area contributed by atoms with E-state index >= 15 is 0 Å². The SMILES string of the molecule is CN(C)CC(=O)N(C)c1ccc(OCC(=O)N[C@@H](CC(N)=O)C(=O)N[C@@H](Cc2ccccc2)[C@H](O)C(=O)N2CCC[C@H]2C(=O)NC(C)(C)C)cc1. The molecule has 0 aromatic heterocycles. The van der Waals surface area contributed by atoms with Gasteiger partial charge in [0.05, 0.1) is 19.0 Å². The molecule has 0 aliphatic carbocycles. The van der Waals surface area contributed by atoms with Crippen molar-refractivity contribution in [1.82, 2.24) is 25.8 Å². The number of benzene rings is 2. The van der Waals surface area contributed by atoms with Gasteiger partial charge in [0.2, 0.25) is 23.6 Å². The summed E-state index contributed by atoms with van der Waals surface area (Å²) < 4.78 is 5.56. The van der Waals surface area contributed by atoms with E-state index in [2.05, 4.69) is 16.0 Å². The Kier molecular flexibility index (Phi) is 14.5. The fraction of sp³-hybridized carbons (Fsp3) is 0.500. The Morgan fingerprint density at radius 2 is 1.63 bits per heavy atom. The second-order valence-corrected chi connectivity index (χ2v) is 13.9. The molecule has 4 atom stereocenters. The van der Waals surface area contributed by atoms with Gasteiger partial charge in [-0.05, 0) is 84.0 Å². The molecule has 15 nitrogen and oxygen atoms in total. The van der Waals surface area contributed by atoms with Crippen molar-refractivity contribution < 1.29 is 38.6 Å². The summed E-state index contributed by atoms with van der Waals surface area (Å²) in [5.41, 5.74) is 6.20. The van der Waals surface area contributed by atoms with Gasteiger partial charge in [-0.1, -0.05) is 30.3 Å². The number of likely N-dealkylation sites (N-methyl/N-ethyl adjacent to an activating group) is 2. The van der Waals surface area contributed by atoms with Gasteiger partial charge in [0.15, 0.2) is 12.7 Å². The Hall–Kier alpha value is -5.02. The highest BCUT2D eigenvalue weighted by Gasteiger charge is 2.41. The smallest absolute Gasteiger partial charge is 0.258 e. The van der Waals surface area contributed by atoms with Gasteiger partial charge in [-0.2, -0.15) is 0 Å². The van der Waals surface area contributed by atoms with Gasteiger partial charge in [0, 0.05) is 24.8 Å². The molecule has 0 spiro atoms. The molecule has 0 bridgehead atoms. The molecule has 1 heterocycles. The molecule has 2 aromatic carbocycles. The maximum absolute atomic E-state index is 13.7. The zero-order valence-corrected chi connectivity index (χ0v) is 30.2. The predicted octanol–water partition coefficient (Wildman–Crippen LogP) is -0.0559. The van der Waals surface area contributed by atoms with Gasteiger partial charge in [-0.3, -0.25) is 28.8 Å². The molecule has 1 fully saturated rings. The molecule has 1 aliphatic heterocycles. The van der Waals surface area contributed by atoms with Crippen LogP contribution in [0, 0.1) is 0 Å². The van der Waals surface area contributed by atoms with Crippen molar-refractivity contribution in [2.45, 2.75) is 76.2 Å². The first-order chi connectivity index (χ1) is 23.9. The van der Waals surface area contributed by atoms with E-state index in [0.29, 0.717) is 29.8 Å². The largest absolute Gasteiger partial charge is 0.484 e. The third kappa shape index (κ3) is 12.7. The molecule has 15 heteroatoms. The zero-order valence-electron chi connectivity index (χ0n) is 30.2. The topological polar surface area (TPSA) is 204 Å². The van der Waals surface area contributed by atoms with Crippen LogP contribution in [-0.4, -0.2) is 121 Å². The van der Waals surface area contributed by atoms with E-state index in [1.807, 2.05) is 20.8 Å². The number of nitrogens with zero attached hydrogens (tertiary/aromatic N) is 3. The number of aliphatic hydroxyl groups is 1. The number of carbonyl (C=O) groups is 6. The number of hydrogen-bond acceptors (Lipinski definition) is 9. The molecule has 278 valence electrons. The summed E-state index contributed by atoms with van der Waals surface area (Å²) >= 11 is 0. The Balaban J connectivity index is 1.71. The lowest BCUT2D eigenvalue weighted by Crippen LogP contribution is -2.59. The van der Waals surface area contributed by atoms with Crippen LogP contribution in [0.25, 0.3) is 0 Å². The van der Waals surface area contributed by atoms with Gasteiger partial charge >= 0.3 is 0 Å². The quantitative estimate of drug-likeness (QED) is 0.158. The molecular formula is C36H51N7O8. The highest BCUT2D eigenvalue weighted by molar-refractivity contribution is 5.95. The van der Waals surface area contributed by atoms with Crippen LogP contribution in [0.3, 0.4) is 0 Å². The average Bonchev–Trinajstić information content (AvgIpc) is 3.56. The number of primary amides is 1. The lowest BCUT2D eigenvalue weighted by molar-refractivity contribution is -0.147. The number of likely N-dealkylation sites (tertiary alicyclic amines) is 1. The second kappa shape index (κ2) is 18.3. The van der Waals surface area contributed by atoms with Crippen molar-refractivity contribution in [3.63, 3.8) is 0 Å². The number of aliphatic hydroxyl groups excluding tert-OH is 1. The Morgan fingerprint density at radius 3 is 2.22 bits per heavy atom. The molecule has 51 heavy (non-hydrogen) atoms. The van der Waals surface area contributed by atoms with Crippen molar-refractivity contribution in [3.8, 4) is 5.75 Å². The number of carbonyl (C=O) groups excluding carboxylic acids is 6. The van der Waals surface area contributed by atoms with Crippen LogP contribution in [0.1, 0.15) is 45.6 Å². The number of rotatable bonds is 16. The summed E-state index contributed by atoms with van der Waals surface area (Å²) in [6, 6.07) is 11.9. The Bertz CT molecular complexity index is 1530. The predicted molar refractivity (Wildman–Crippen MR) is 190 cm³/mol. The molecule has 1 aliphatic rings. The molecule has 2 aromatic rings.